The van der Waals surface area contributed by atoms with E-state index >= 15 is 0 Å². The summed E-state index contributed by atoms with van der Waals surface area (Å²) in [6.45, 7) is 0. The Bertz CT molecular complexity index is 724. The quantitative estimate of drug-likeness (QED) is 0.864. The highest BCUT2D eigenvalue weighted by Gasteiger charge is 2.30. The molecule has 0 radical (unpaired) electrons. The van der Waals surface area contributed by atoms with Crippen LogP contribution in [0.3, 0.4) is 0 Å². The van der Waals surface area contributed by atoms with Gasteiger partial charge in [0.1, 0.15) is 5.75 Å². The molecular weight excluding hydrogens is 304 g/mol. The molecule has 0 aromatic heterocycles. The van der Waals surface area contributed by atoms with E-state index in [1.54, 1.807) is 36.2 Å². The molecule has 2 amide bonds. The summed E-state index contributed by atoms with van der Waals surface area (Å²) in [5, 5.41) is 0. The summed E-state index contributed by atoms with van der Waals surface area (Å²) in [5.74, 6) is 0.408. The molecule has 0 saturated heterocycles. The minimum absolute atomic E-state index is 0.00298. The zero-order valence-electron chi connectivity index (χ0n) is 13.8. The largest absolute Gasteiger partial charge is 0.419 e. The number of hydrogen-bond acceptors (Lipinski definition) is 3. The van der Waals surface area contributed by atoms with Crippen molar-refractivity contribution >= 4 is 17.7 Å². The number of carbonyl (C=O) groups is 2. The molecule has 1 saturated carbocycles. The molecule has 1 aliphatic rings. The van der Waals surface area contributed by atoms with Gasteiger partial charge in [-0.05, 0) is 49.2 Å². The Kier molecular flexibility index (Phi) is 4.51. The zero-order valence-corrected chi connectivity index (χ0v) is 13.8. The first-order chi connectivity index (χ1) is 11.6. The van der Waals surface area contributed by atoms with E-state index in [4.69, 9.17) is 4.74 Å². The lowest BCUT2D eigenvalue weighted by Crippen LogP contribution is -2.29. The fourth-order valence-corrected chi connectivity index (χ4v) is 2.42. The van der Waals surface area contributed by atoms with Crippen LogP contribution < -0.4 is 9.64 Å². The van der Waals surface area contributed by atoms with E-state index in [-0.39, 0.29) is 5.91 Å². The Morgan fingerprint density at radius 1 is 0.958 bits per heavy atom. The van der Waals surface area contributed by atoms with Crippen molar-refractivity contribution < 1.29 is 14.3 Å². The number of ether oxygens (including phenoxy) is 1. The first-order valence-corrected chi connectivity index (χ1v) is 7.94. The van der Waals surface area contributed by atoms with Crippen LogP contribution >= 0.6 is 0 Å². The van der Waals surface area contributed by atoms with E-state index in [9.17, 15) is 9.59 Å². The highest BCUT2D eigenvalue weighted by atomic mass is 16.6. The summed E-state index contributed by atoms with van der Waals surface area (Å²) in [5.41, 5.74) is 1.35. The molecule has 24 heavy (non-hydrogen) atoms. The average molecular weight is 324 g/mol. The lowest BCUT2D eigenvalue weighted by atomic mass is 10.2. The van der Waals surface area contributed by atoms with Gasteiger partial charge >= 0.3 is 6.09 Å². The van der Waals surface area contributed by atoms with Gasteiger partial charge in [0, 0.05) is 31.4 Å². The van der Waals surface area contributed by atoms with Crippen molar-refractivity contribution in [1.29, 1.82) is 0 Å². The predicted molar refractivity (Wildman–Crippen MR) is 92.4 cm³/mol. The molecule has 0 spiro atoms. The molecule has 0 heterocycles. The maximum absolute atomic E-state index is 12.3. The minimum Gasteiger partial charge on any atom is -0.410 e. The lowest BCUT2D eigenvalue weighted by molar-refractivity contribution is 0.0785. The van der Waals surface area contributed by atoms with Crippen molar-refractivity contribution in [2.75, 3.05) is 19.0 Å². The van der Waals surface area contributed by atoms with E-state index in [0.29, 0.717) is 17.4 Å². The molecule has 0 bridgehead atoms. The monoisotopic (exact) mass is 324 g/mol. The van der Waals surface area contributed by atoms with E-state index in [0.717, 1.165) is 18.5 Å². The number of rotatable bonds is 4. The molecule has 5 heteroatoms. The van der Waals surface area contributed by atoms with Gasteiger partial charge in [-0.3, -0.25) is 9.69 Å². The van der Waals surface area contributed by atoms with Gasteiger partial charge in [-0.1, -0.05) is 18.2 Å². The van der Waals surface area contributed by atoms with E-state index < -0.39 is 6.09 Å². The van der Waals surface area contributed by atoms with Crippen molar-refractivity contribution in [3.63, 3.8) is 0 Å². The molecule has 0 aliphatic heterocycles. The van der Waals surface area contributed by atoms with Gasteiger partial charge in [0.15, 0.2) is 0 Å². The second kappa shape index (κ2) is 6.74. The Morgan fingerprint density at radius 2 is 1.58 bits per heavy atom. The van der Waals surface area contributed by atoms with Gasteiger partial charge in [-0.2, -0.15) is 0 Å². The Morgan fingerprint density at radius 3 is 2.17 bits per heavy atom. The van der Waals surface area contributed by atoms with E-state index in [1.807, 2.05) is 37.4 Å². The van der Waals surface area contributed by atoms with Crippen LogP contribution in [0.15, 0.2) is 54.6 Å². The average Bonchev–Trinajstić information content (AvgIpc) is 3.46. The maximum atomic E-state index is 12.3. The topological polar surface area (TPSA) is 49.9 Å². The fourth-order valence-electron chi connectivity index (χ4n) is 2.42. The van der Waals surface area contributed by atoms with Crippen LogP contribution in [0.5, 0.6) is 5.75 Å². The van der Waals surface area contributed by atoms with Crippen LogP contribution in [-0.4, -0.2) is 37.0 Å². The minimum atomic E-state index is -0.477. The third-order valence-corrected chi connectivity index (χ3v) is 4.14. The number of amides is 2. The lowest BCUT2D eigenvalue weighted by Gasteiger charge is -2.18. The van der Waals surface area contributed by atoms with Gasteiger partial charge < -0.3 is 9.64 Å². The highest BCUT2D eigenvalue weighted by molar-refractivity contribution is 5.94. The van der Waals surface area contributed by atoms with Crippen LogP contribution in [0.2, 0.25) is 0 Å². The maximum Gasteiger partial charge on any atom is 0.419 e. The molecule has 3 rings (SSSR count). The number of anilines is 1. The summed E-state index contributed by atoms with van der Waals surface area (Å²) >= 11 is 0. The third kappa shape index (κ3) is 3.56. The summed E-state index contributed by atoms with van der Waals surface area (Å²) in [6, 6.07) is 16.3. The molecule has 0 unspecified atom stereocenters. The number of hydrogen-bond donors (Lipinski definition) is 0. The summed E-state index contributed by atoms with van der Waals surface area (Å²) in [7, 11) is 3.48. The molecule has 1 fully saturated rings. The number of nitrogens with zero attached hydrogens (tertiary/aromatic N) is 2. The van der Waals surface area contributed by atoms with Crippen LogP contribution in [0.25, 0.3) is 0 Å². The Labute approximate surface area is 141 Å². The molecule has 124 valence electrons. The fraction of sp³-hybridized carbons (Fsp3) is 0.263. The van der Waals surface area contributed by atoms with Crippen LogP contribution in [0.4, 0.5) is 10.5 Å². The Hall–Kier alpha value is -2.82. The van der Waals surface area contributed by atoms with Gasteiger partial charge in [-0.15, -0.1) is 0 Å². The van der Waals surface area contributed by atoms with Crippen molar-refractivity contribution in [2.45, 2.75) is 18.9 Å². The molecular formula is C19H20N2O3. The first-order valence-electron chi connectivity index (χ1n) is 7.94. The second-order valence-electron chi connectivity index (χ2n) is 5.93. The second-order valence-corrected chi connectivity index (χ2v) is 5.93. The van der Waals surface area contributed by atoms with Crippen LogP contribution in [0.1, 0.15) is 23.2 Å². The normalized spacial score (nSPS) is 13.2. The number of carbonyl (C=O) groups excluding carboxylic acids is 2. The summed E-state index contributed by atoms with van der Waals surface area (Å²) < 4.78 is 5.35. The Balaban J connectivity index is 1.63. The smallest absolute Gasteiger partial charge is 0.410 e. The predicted octanol–water partition coefficient (Wildman–Crippen LogP) is 3.56. The summed E-state index contributed by atoms with van der Waals surface area (Å²) in [6.07, 6.45) is 1.67. The van der Waals surface area contributed by atoms with Crippen molar-refractivity contribution in [2.24, 2.45) is 0 Å². The van der Waals surface area contributed by atoms with Gasteiger partial charge in [0.25, 0.3) is 5.91 Å². The zero-order chi connectivity index (χ0) is 17.1. The van der Waals surface area contributed by atoms with Crippen molar-refractivity contribution in [3.05, 3.63) is 60.2 Å². The number of para-hydroxylation sites is 1. The third-order valence-electron chi connectivity index (χ3n) is 4.14. The van der Waals surface area contributed by atoms with Crippen molar-refractivity contribution in [1.82, 2.24) is 4.90 Å². The van der Waals surface area contributed by atoms with E-state index in [1.165, 1.54) is 4.90 Å². The standard InChI is InChI=1S/C19H20N2O3/c1-20(16-10-11-16)18(22)14-8-12-17(13-9-14)24-19(23)21(2)15-6-4-3-5-7-15/h3-9,12-13,16H,10-11H2,1-2H3. The first kappa shape index (κ1) is 16.1. The van der Waals surface area contributed by atoms with Gasteiger partial charge in [-0.25, -0.2) is 4.79 Å². The molecule has 2 aromatic rings. The van der Waals surface area contributed by atoms with Crippen LogP contribution in [-0.2, 0) is 0 Å². The summed E-state index contributed by atoms with van der Waals surface area (Å²) in [4.78, 5) is 27.6. The molecule has 1 aliphatic carbocycles. The van der Waals surface area contributed by atoms with Gasteiger partial charge in [0.05, 0.1) is 0 Å². The van der Waals surface area contributed by atoms with Crippen LogP contribution in [0, 0.1) is 0 Å². The van der Waals surface area contributed by atoms with Gasteiger partial charge in [0.2, 0.25) is 0 Å². The van der Waals surface area contributed by atoms with Crippen molar-refractivity contribution in [3.8, 4) is 5.75 Å². The molecule has 0 atom stereocenters. The molecule has 5 nitrogen and oxygen atoms in total. The number of benzene rings is 2. The SMILES string of the molecule is CN(C(=O)Oc1ccc(C(=O)N(C)C2CC2)cc1)c1ccccc1. The molecule has 2 aromatic carbocycles. The molecule has 0 N–H and O–H groups in total. The highest BCUT2D eigenvalue weighted by Crippen LogP contribution is 2.27. The van der Waals surface area contributed by atoms with E-state index in [2.05, 4.69) is 0 Å².